The Labute approximate surface area is 179 Å². The molecule has 0 aliphatic heterocycles. The van der Waals surface area contributed by atoms with Crippen molar-refractivity contribution < 1.29 is 14.1 Å². The van der Waals surface area contributed by atoms with Gasteiger partial charge in [-0.2, -0.15) is 4.98 Å². The second kappa shape index (κ2) is 8.78. The molecule has 3 heterocycles. The van der Waals surface area contributed by atoms with Crippen molar-refractivity contribution in [3.63, 3.8) is 0 Å². The van der Waals surface area contributed by atoms with Gasteiger partial charge in [0.15, 0.2) is 5.82 Å². The first kappa shape index (κ1) is 20.3. The van der Waals surface area contributed by atoms with Crippen LogP contribution in [-0.2, 0) is 7.05 Å². The fourth-order valence-corrected chi connectivity index (χ4v) is 3.26. The van der Waals surface area contributed by atoms with Crippen molar-refractivity contribution in [2.45, 2.75) is 13.8 Å². The van der Waals surface area contributed by atoms with Crippen LogP contribution in [0.2, 0.25) is 0 Å². The Morgan fingerprint density at radius 1 is 1.16 bits per heavy atom. The summed E-state index contributed by atoms with van der Waals surface area (Å²) < 4.78 is 12.8. The Morgan fingerprint density at radius 3 is 2.74 bits per heavy atom. The average molecular weight is 418 g/mol. The Hall–Kier alpha value is -4.01. The first-order valence-corrected chi connectivity index (χ1v) is 9.93. The fourth-order valence-electron chi connectivity index (χ4n) is 3.26. The quantitative estimate of drug-likeness (QED) is 0.452. The van der Waals surface area contributed by atoms with Gasteiger partial charge in [0.25, 0.3) is 11.8 Å². The van der Waals surface area contributed by atoms with Gasteiger partial charge in [-0.1, -0.05) is 17.3 Å². The van der Waals surface area contributed by atoms with E-state index in [1.807, 2.05) is 44.2 Å². The van der Waals surface area contributed by atoms with E-state index in [9.17, 15) is 4.79 Å². The first-order chi connectivity index (χ1) is 15.1. The predicted octanol–water partition coefficient (Wildman–Crippen LogP) is 3.60. The number of carbonyl (C=O) groups is 1. The number of benzene rings is 1. The molecule has 0 bridgehead atoms. The van der Waals surface area contributed by atoms with Crippen LogP contribution in [0, 0.1) is 0 Å². The number of amides is 1. The molecule has 9 heteroatoms. The van der Waals surface area contributed by atoms with E-state index in [-0.39, 0.29) is 11.7 Å². The van der Waals surface area contributed by atoms with Crippen LogP contribution in [0.5, 0.6) is 5.75 Å². The third-order valence-electron chi connectivity index (χ3n) is 4.77. The second-order valence-corrected chi connectivity index (χ2v) is 6.64. The summed E-state index contributed by atoms with van der Waals surface area (Å²) >= 11 is 0. The second-order valence-electron chi connectivity index (χ2n) is 6.64. The van der Waals surface area contributed by atoms with Crippen molar-refractivity contribution in [2.24, 2.45) is 7.05 Å². The normalized spacial score (nSPS) is 10.8. The summed E-state index contributed by atoms with van der Waals surface area (Å²) in [5, 5.41) is 4.06. The summed E-state index contributed by atoms with van der Waals surface area (Å²) in [6, 6.07) is 11.1. The van der Waals surface area contributed by atoms with Crippen LogP contribution in [-0.4, -0.2) is 43.7 Å². The number of para-hydroxylation sites is 1. The maximum atomic E-state index is 13.1. The van der Waals surface area contributed by atoms with Crippen LogP contribution in [0.25, 0.3) is 23.1 Å². The number of nitrogens with zero attached hydrogens (tertiary/aromatic N) is 6. The van der Waals surface area contributed by atoms with E-state index in [0.717, 1.165) is 0 Å². The lowest BCUT2D eigenvalue weighted by molar-refractivity contribution is 0.0980. The zero-order valence-corrected chi connectivity index (χ0v) is 17.5. The molecule has 0 atom stereocenters. The smallest absolute Gasteiger partial charge is 0.276 e. The third kappa shape index (κ3) is 3.89. The molecule has 0 saturated carbocycles. The van der Waals surface area contributed by atoms with Crippen molar-refractivity contribution in [3.05, 3.63) is 60.7 Å². The average Bonchev–Trinajstić information content (AvgIpc) is 3.42. The molecule has 0 spiro atoms. The van der Waals surface area contributed by atoms with Crippen LogP contribution < -0.4 is 9.64 Å². The molecule has 9 nitrogen and oxygen atoms in total. The van der Waals surface area contributed by atoms with Gasteiger partial charge in [-0.15, -0.1) is 0 Å². The van der Waals surface area contributed by atoms with Crippen LogP contribution in [0.4, 0.5) is 5.69 Å². The SMILES string of the molecule is CCOc1ccccc1-c1nc(-c2ncc(C(=O)N(CC)c3cccnc3)n2C)no1. The molecule has 0 saturated heterocycles. The van der Waals surface area contributed by atoms with Gasteiger partial charge in [-0.25, -0.2) is 4.98 Å². The molecule has 0 N–H and O–H groups in total. The zero-order chi connectivity index (χ0) is 21.8. The Morgan fingerprint density at radius 2 is 2.00 bits per heavy atom. The van der Waals surface area contributed by atoms with Crippen molar-refractivity contribution in [3.8, 4) is 28.9 Å². The van der Waals surface area contributed by atoms with Gasteiger partial charge in [-0.3, -0.25) is 9.78 Å². The van der Waals surface area contributed by atoms with Crippen LogP contribution in [0.15, 0.2) is 59.5 Å². The van der Waals surface area contributed by atoms with Crippen molar-refractivity contribution in [2.75, 3.05) is 18.1 Å². The number of hydrogen-bond acceptors (Lipinski definition) is 7. The van der Waals surface area contributed by atoms with Crippen LogP contribution in [0.1, 0.15) is 24.3 Å². The first-order valence-electron chi connectivity index (χ1n) is 9.93. The highest BCUT2D eigenvalue weighted by Crippen LogP contribution is 2.30. The number of hydrogen-bond donors (Lipinski definition) is 0. The topological polar surface area (TPSA) is 99.2 Å². The van der Waals surface area contributed by atoms with E-state index in [0.29, 0.717) is 47.6 Å². The molecule has 0 aliphatic rings. The molecule has 0 aliphatic carbocycles. The molecule has 0 unspecified atom stereocenters. The number of ether oxygens (including phenoxy) is 1. The van der Waals surface area contributed by atoms with Gasteiger partial charge in [0.2, 0.25) is 5.82 Å². The minimum atomic E-state index is -0.192. The number of rotatable bonds is 7. The highest BCUT2D eigenvalue weighted by Gasteiger charge is 2.24. The Bertz CT molecular complexity index is 1180. The van der Waals surface area contributed by atoms with Gasteiger partial charge in [0.05, 0.1) is 30.3 Å². The van der Waals surface area contributed by atoms with Gasteiger partial charge < -0.3 is 18.7 Å². The lowest BCUT2D eigenvalue weighted by atomic mass is 10.2. The highest BCUT2D eigenvalue weighted by molar-refractivity contribution is 6.05. The molecule has 1 amide bonds. The van der Waals surface area contributed by atoms with E-state index in [2.05, 4.69) is 20.1 Å². The molecule has 0 fully saturated rings. The number of imidazole rings is 1. The minimum Gasteiger partial charge on any atom is -0.493 e. The Kier molecular flexibility index (Phi) is 5.74. The van der Waals surface area contributed by atoms with Gasteiger partial charge in [-0.05, 0) is 38.1 Å². The summed E-state index contributed by atoms with van der Waals surface area (Å²) in [5.41, 5.74) is 1.82. The number of pyridine rings is 1. The van der Waals surface area contributed by atoms with Gasteiger partial charge in [0.1, 0.15) is 11.4 Å². The van der Waals surface area contributed by atoms with E-state index in [1.165, 1.54) is 6.20 Å². The molecule has 0 radical (unpaired) electrons. The standard InChI is InChI=1S/C22H22N6O3/c1-4-28(15-9-8-12-23-13-15)22(29)17-14-24-20(27(17)3)19-25-21(31-26-19)16-10-6-7-11-18(16)30-5-2/h6-14H,4-5H2,1-3H3. The number of anilines is 1. The molecule has 31 heavy (non-hydrogen) atoms. The molecule has 4 aromatic rings. The number of carbonyl (C=O) groups excluding carboxylic acids is 1. The highest BCUT2D eigenvalue weighted by atomic mass is 16.5. The summed E-state index contributed by atoms with van der Waals surface area (Å²) in [7, 11) is 1.75. The minimum absolute atomic E-state index is 0.192. The van der Waals surface area contributed by atoms with Crippen molar-refractivity contribution in [1.29, 1.82) is 0 Å². The largest absolute Gasteiger partial charge is 0.493 e. The maximum Gasteiger partial charge on any atom is 0.276 e. The predicted molar refractivity (Wildman–Crippen MR) is 115 cm³/mol. The third-order valence-corrected chi connectivity index (χ3v) is 4.77. The molecule has 1 aromatic carbocycles. The van der Waals surface area contributed by atoms with Crippen LogP contribution in [0.3, 0.4) is 0 Å². The monoisotopic (exact) mass is 418 g/mol. The lowest BCUT2D eigenvalue weighted by Crippen LogP contribution is -2.32. The molecular formula is C22H22N6O3. The van der Waals surface area contributed by atoms with E-state index in [1.54, 1.807) is 35.0 Å². The zero-order valence-electron chi connectivity index (χ0n) is 17.5. The maximum absolute atomic E-state index is 13.1. The summed E-state index contributed by atoms with van der Waals surface area (Å²) in [6.07, 6.45) is 4.84. The number of aromatic nitrogens is 5. The van der Waals surface area contributed by atoms with Crippen molar-refractivity contribution >= 4 is 11.6 Å². The summed E-state index contributed by atoms with van der Waals surface area (Å²) in [5.74, 6) is 1.50. The Balaban J connectivity index is 1.65. The summed E-state index contributed by atoms with van der Waals surface area (Å²) in [4.78, 5) is 27.7. The van der Waals surface area contributed by atoms with E-state index >= 15 is 0 Å². The van der Waals surface area contributed by atoms with Crippen LogP contribution >= 0.6 is 0 Å². The lowest BCUT2D eigenvalue weighted by Gasteiger charge is -2.20. The van der Waals surface area contributed by atoms with Crippen molar-refractivity contribution in [1.82, 2.24) is 24.7 Å². The molecular weight excluding hydrogens is 396 g/mol. The van der Waals surface area contributed by atoms with Gasteiger partial charge in [0, 0.05) is 19.8 Å². The van der Waals surface area contributed by atoms with E-state index in [4.69, 9.17) is 9.26 Å². The molecule has 3 aromatic heterocycles. The van der Waals surface area contributed by atoms with E-state index < -0.39 is 0 Å². The molecule has 4 rings (SSSR count). The fraction of sp³-hybridized carbons (Fsp3) is 0.227. The molecule has 158 valence electrons. The van der Waals surface area contributed by atoms with Gasteiger partial charge >= 0.3 is 0 Å². The summed E-state index contributed by atoms with van der Waals surface area (Å²) in [6.45, 7) is 4.83.